The van der Waals surface area contributed by atoms with Crippen LogP contribution in [0.3, 0.4) is 0 Å². The largest absolute Gasteiger partial charge is 0.496 e. The number of hydrogen-bond donors (Lipinski definition) is 0. The predicted octanol–water partition coefficient (Wildman–Crippen LogP) is 2.64. The standard InChI is InChI=1S/C12H12BrNO3/c1-3-17-12(15)10-4-8(6-13)11(16-2)5-9(10)7-14/h4-5H,3,6H2,1-2H3. The molecule has 0 saturated heterocycles. The first-order valence-electron chi connectivity index (χ1n) is 5.02. The molecule has 1 rings (SSSR count). The number of benzene rings is 1. The molecule has 0 saturated carbocycles. The Hall–Kier alpha value is -1.54. The van der Waals surface area contributed by atoms with Crippen molar-refractivity contribution in [2.24, 2.45) is 0 Å². The molecule has 90 valence electrons. The molecule has 0 N–H and O–H groups in total. The molecule has 0 heterocycles. The summed E-state index contributed by atoms with van der Waals surface area (Å²) in [6.45, 7) is 2.00. The second kappa shape index (κ2) is 6.26. The van der Waals surface area contributed by atoms with Crippen molar-refractivity contribution in [2.45, 2.75) is 12.3 Å². The summed E-state index contributed by atoms with van der Waals surface area (Å²) in [7, 11) is 1.52. The number of carbonyl (C=O) groups is 1. The number of alkyl halides is 1. The summed E-state index contributed by atoms with van der Waals surface area (Å²) >= 11 is 3.30. The highest BCUT2D eigenvalue weighted by Gasteiger charge is 2.16. The van der Waals surface area contributed by atoms with E-state index in [1.54, 1.807) is 19.1 Å². The number of esters is 1. The Morgan fingerprint density at radius 1 is 1.53 bits per heavy atom. The maximum absolute atomic E-state index is 11.7. The van der Waals surface area contributed by atoms with Crippen molar-refractivity contribution in [1.29, 1.82) is 5.26 Å². The van der Waals surface area contributed by atoms with Crippen LogP contribution in [0.5, 0.6) is 5.75 Å². The normalized spacial score (nSPS) is 9.53. The number of methoxy groups -OCH3 is 1. The molecule has 0 amide bonds. The highest BCUT2D eigenvalue weighted by atomic mass is 79.9. The fraction of sp³-hybridized carbons (Fsp3) is 0.333. The van der Waals surface area contributed by atoms with Crippen molar-refractivity contribution in [2.75, 3.05) is 13.7 Å². The molecule has 0 unspecified atom stereocenters. The van der Waals surface area contributed by atoms with Crippen LogP contribution in [0.4, 0.5) is 0 Å². The highest BCUT2D eigenvalue weighted by molar-refractivity contribution is 9.08. The number of nitrogens with zero attached hydrogens (tertiary/aromatic N) is 1. The minimum absolute atomic E-state index is 0.255. The van der Waals surface area contributed by atoms with Gasteiger partial charge in [0.2, 0.25) is 0 Å². The molecule has 0 radical (unpaired) electrons. The topological polar surface area (TPSA) is 59.3 Å². The molecule has 1 aromatic rings. The second-order valence-electron chi connectivity index (χ2n) is 3.18. The van der Waals surface area contributed by atoms with Crippen LogP contribution >= 0.6 is 15.9 Å². The Balaban J connectivity index is 3.29. The summed E-state index contributed by atoms with van der Waals surface area (Å²) in [4.78, 5) is 11.7. The van der Waals surface area contributed by atoms with E-state index >= 15 is 0 Å². The molecule has 0 aliphatic carbocycles. The second-order valence-corrected chi connectivity index (χ2v) is 3.74. The molecular weight excluding hydrogens is 286 g/mol. The molecule has 1 aromatic carbocycles. The van der Waals surface area contributed by atoms with Gasteiger partial charge in [0, 0.05) is 10.9 Å². The molecule has 0 fully saturated rings. The van der Waals surface area contributed by atoms with E-state index in [2.05, 4.69) is 15.9 Å². The molecule has 0 bridgehead atoms. The third-order valence-corrected chi connectivity index (χ3v) is 2.78. The van der Waals surface area contributed by atoms with Gasteiger partial charge in [0.15, 0.2) is 0 Å². The van der Waals surface area contributed by atoms with Crippen molar-refractivity contribution >= 4 is 21.9 Å². The zero-order chi connectivity index (χ0) is 12.8. The summed E-state index contributed by atoms with van der Waals surface area (Å²) in [5.74, 6) is 0.0837. The Bertz CT molecular complexity index is 466. The van der Waals surface area contributed by atoms with Crippen molar-refractivity contribution in [3.63, 3.8) is 0 Å². The maximum Gasteiger partial charge on any atom is 0.339 e. The summed E-state index contributed by atoms with van der Waals surface area (Å²) in [5.41, 5.74) is 1.32. The Morgan fingerprint density at radius 3 is 2.71 bits per heavy atom. The monoisotopic (exact) mass is 297 g/mol. The maximum atomic E-state index is 11.7. The first-order valence-corrected chi connectivity index (χ1v) is 6.14. The van der Waals surface area contributed by atoms with E-state index < -0.39 is 5.97 Å². The predicted molar refractivity (Wildman–Crippen MR) is 66.3 cm³/mol. The fourth-order valence-corrected chi connectivity index (χ4v) is 1.83. The van der Waals surface area contributed by atoms with Crippen LogP contribution < -0.4 is 4.74 Å². The van der Waals surface area contributed by atoms with Gasteiger partial charge in [-0.05, 0) is 19.1 Å². The van der Waals surface area contributed by atoms with Gasteiger partial charge in [0.25, 0.3) is 0 Å². The lowest BCUT2D eigenvalue weighted by atomic mass is 10.0. The lowest BCUT2D eigenvalue weighted by Crippen LogP contribution is -2.08. The molecule has 4 nitrogen and oxygen atoms in total. The van der Waals surface area contributed by atoms with E-state index in [9.17, 15) is 4.79 Å². The van der Waals surface area contributed by atoms with Gasteiger partial charge in [-0.25, -0.2) is 4.79 Å². The Kier molecular flexibility index (Phi) is 4.98. The van der Waals surface area contributed by atoms with Gasteiger partial charge < -0.3 is 9.47 Å². The van der Waals surface area contributed by atoms with Crippen LogP contribution in [-0.4, -0.2) is 19.7 Å². The average molecular weight is 298 g/mol. The number of nitriles is 1. The third-order valence-electron chi connectivity index (χ3n) is 2.18. The van der Waals surface area contributed by atoms with Gasteiger partial charge in [-0.1, -0.05) is 15.9 Å². The van der Waals surface area contributed by atoms with Gasteiger partial charge >= 0.3 is 5.97 Å². The van der Waals surface area contributed by atoms with E-state index in [-0.39, 0.29) is 17.7 Å². The van der Waals surface area contributed by atoms with E-state index in [0.717, 1.165) is 5.56 Å². The smallest absolute Gasteiger partial charge is 0.339 e. The van der Waals surface area contributed by atoms with Gasteiger partial charge in [0.1, 0.15) is 11.8 Å². The van der Waals surface area contributed by atoms with Gasteiger partial charge in [-0.3, -0.25) is 0 Å². The fourth-order valence-electron chi connectivity index (χ4n) is 1.39. The average Bonchev–Trinajstić information content (AvgIpc) is 2.37. The molecule has 0 aromatic heterocycles. The van der Waals surface area contributed by atoms with E-state index in [4.69, 9.17) is 14.7 Å². The summed E-state index contributed by atoms with van der Waals surface area (Å²) in [5, 5.41) is 9.53. The van der Waals surface area contributed by atoms with Crippen LogP contribution in [0.2, 0.25) is 0 Å². The zero-order valence-corrected chi connectivity index (χ0v) is 11.2. The lowest BCUT2D eigenvalue weighted by Gasteiger charge is -2.10. The molecule has 0 spiro atoms. The summed E-state index contributed by atoms with van der Waals surface area (Å²) < 4.78 is 10.0. The van der Waals surface area contributed by atoms with E-state index in [1.165, 1.54) is 7.11 Å². The molecule has 5 heteroatoms. The van der Waals surface area contributed by atoms with Gasteiger partial charge in [-0.15, -0.1) is 0 Å². The number of halogens is 1. The first-order chi connectivity index (χ1) is 8.17. The third kappa shape index (κ3) is 2.98. The van der Waals surface area contributed by atoms with Crippen LogP contribution in [0.25, 0.3) is 0 Å². The number of ether oxygens (including phenoxy) is 2. The molecule has 0 atom stereocenters. The number of rotatable bonds is 4. The Labute approximate surface area is 108 Å². The highest BCUT2D eigenvalue weighted by Crippen LogP contribution is 2.26. The zero-order valence-electron chi connectivity index (χ0n) is 9.62. The Morgan fingerprint density at radius 2 is 2.24 bits per heavy atom. The van der Waals surface area contributed by atoms with Crippen LogP contribution in [0.1, 0.15) is 28.4 Å². The molecule has 0 aliphatic heterocycles. The molecule has 17 heavy (non-hydrogen) atoms. The molecular formula is C12H12BrNO3. The van der Waals surface area contributed by atoms with Crippen molar-refractivity contribution in [1.82, 2.24) is 0 Å². The van der Waals surface area contributed by atoms with Crippen molar-refractivity contribution in [3.05, 3.63) is 28.8 Å². The van der Waals surface area contributed by atoms with Gasteiger partial charge in [-0.2, -0.15) is 5.26 Å². The van der Waals surface area contributed by atoms with Crippen LogP contribution in [0.15, 0.2) is 12.1 Å². The minimum Gasteiger partial charge on any atom is -0.496 e. The minimum atomic E-state index is -0.492. The van der Waals surface area contributed by atoms with E-state index in [0.29, 0.717) is 11.1 Å². The van der Waals surface area contributed by atoms with Crippen molar-refractivity contribution in [3.8, 4) is 11.8 Å². The first kappa shape index (κ1) is 13.5. The van der Waals surface area contributed by atoms with Crippen LogP contribution in [0, 0.1) is 11.3 Å². The van der Waals surface area contributed by atoms with Crippen LogP contribution in [-0.2, 0) is 10.1 Å². The number of carbonyl (C=O) groups excluding carboxylic acids is 1. The SMILES string of the molecule is CCOC(=O)c1cc(CBr)c(OC)cc1C#N. The summed E-state index contributed by atoms with van der Waals surface area (Å²) in [6, 6.07) is 5.12. The molecule has 0 aliphatic rings. The van der Waals surface area contributed by atoms with Crippen molar-refractivity contribution < 1.29 is 14.3 Å². The summed E-state index contributed by atoms with van der Waals surface area (Å²) in [6.07, 6.45) is 0. The lowest BCUT2D eigenvalue weighted by molar-refractivity contribution is 0.0526. The quantitative estimate of drug-likeness (QED) is 0.633. The van der Waals surface area contributed by atoms with E-state index in [1.807, 2.05) is 6.07 Å². The number of hydrogen-bond acceptors (Lipinski definition) is 4. The van der Waals surface area contributed by atoms with Gasteiger partial charge in [0.05, 0.1) is 24.8 Å².